The van der Waals surface area contributed by atoms with Crippen LogP contribution in [-0.2, 0) is 18.8 Å². The topological polar surface area (TPSA) is 78.1 Å². The van der Waals surface area contributed by atoms with Crippen LogP contribution in [0.2, 0.25) is 0 Å². The molecule has 1 fully saturated rings. The zero-order chi connectivity index (χ0) is 25.1. The second kappa shape index (κ2) is 8.35. The van der Waals surface area contributed by atoms with Gasteiger partial charge in [0.2, 0.25) is 11.5 Å². The molecule has 5 rings (SSSR count). The number of pyridine rings is 1. The minimum absolute atomic E-state index is 0.0708. The van der Waals surface area contributed by atoms with Crippen LogP contribution in [0.5, 0.6) is 0 Å². The minimum Gasteiger partial charge on any atom is -0.373 e. The van der Waals surface area contributed by atoms with Crippen LogP contribution in [-0.4, -0.2) is 51.0 Å². The van der Waals surface area contributed by atoms with Crippen LogP contribution in [0.15, 0.2) is 34.4 Å². The molecule has 8 nitrogen and oxygen atoms in total. The van der Waals surface area contributed by atoms with Crippen molar-refractivity contribution in [3.05, 3.63) is 57.1 Å². The molecule has 2 atom stereocenters. The predicted molar refractivity (Wildman–Crippen MR) is 124 cm³/mol. The van der Waals surface area contributed by atoms with Crippen molar-refractivity contribution < 1.29 is 17.9 Å². The molecule has 35 heavy (non-hydrogen) atoms. The quantitative estimate of drug-likeness (QED) is 0.524. The maximum Gasteiger partial charge on any atom is 0.420 e. The Balaban J connectivity index is 1.59. The first-order chi connectivity index (χ1) is 16.5. The third-order valence-electron chi connectivity index (χ3n) is 6.53. The highest BCUT2D eigenvalue weighted by molar-refractivity contribution is 5.89. The van der Waals surface area contributed by atoms with Crippen molar-refractivity contribution in [1.29, 1.82) is 0 Å². The SMILES string of the molecule is CN(C)c1nc2c(C3=C=C(C(F)(F)F)C3)nc(C3CCOC(c4ccc(=O)n(C)c4)C3)nc2n1C. The molecule has 2 aliphatic rings. The number of aryl methyl sites for hydroxylation is 2. The number of rotatable bonds is 4. The van der Waals surface area contributed by atoms with Gasteiger partial charge in [-0.1, -0.05) is 0 Å². The van der Waals surface area contributed by atoms with E-state index in [-0.39, 0.29) is 24.0 Å². The van der Waals surface area contributed by atoms with E-state index in [1.54, 1.807) is 19.3 Å². The second-order valence-corrected chi connectivity index (χ2v) is 9.22. The van der Waals surface area contributed by atoms with Gasteiger partial charge in [0, 0.05) is 65.0 Å². The normalized spacial score (nSPS) is 20.4. The summed E-state index contributed by atoms with van der Waals surface area (Å²) in [7, 11) is 7.20. The summed E-state index contributed by atoms with van der Waals surface area (Å²) in [5, 5.41) is 0. The van der Waals surface area contributed by atoms with Gasteiger partial charge >= 0.3 is 6.18 Å². The number of halogens is 3. The van der Waals surface area contributed by atoms with E-state index in [1.807, 2.05) is 30.6 Å². The highest BCUT2D eigenvalue weighted by atomic mass is 19.4. The molecular formula is C24H25F3N6O2. The number of imidazole rings is 1. The van der Waals surface area contributed by atoms with Crippen molar-refractivity contribution in [3.63, 3.8) is 0 Å². The van der Waals surface area contributed by atoms with Crippen LogP contribution in [0.3, 0.4) is 0 Å². The maximum absolute atomic E-state index is 13.1. The molecule has 11 heteroatoms. The van der Waals surface area contributed by atoms with Gasteiger partial charge in [-0.25, -0.2) is 15.0 Å². The van der Waals surface area contributed by atoms with Crippen molar-refractivity contribution in [2.45, 2.75) is 37.5 Å². The van der Waals surface area contributed by atoms with Crippen LogP contribution < -0.4 is 10.5 Å². The lowest BCUT2D eigenvalue weighted by atomic mass is 9.90. The van der Waals surface area contributed by atoms with Crippen LogP contribution >= 0.6 is 0 Å². The van der Waals surface area contributed by atoms with E-state index in [2.05, 4.69) is 10.7 Å². The molecule has 4 heterocycles. The summed E-state index contributed by atoms with van der Waals surface area (Å²) in [4.78, 5) is 27.8. The summed E-state index contributed by atoms with van der Waals surface area (Å²) in [5.41, 5.74) is 4.36. The van der Waals surface area contributed by atoms with Gasteiger partial charge in [0.05, 0.1) is 11.7 Å². The molecule has 2 unspecified atom stereocenters. The van der Waals surface area contributed by atoms with Crippen molar-refractivity contribution in [2.75, 3.05) is 25.6 Å². The average Bonchev–Trinajstić information content (AvgIpc) is 3.11. The monoisotopic (exact) mass is 486 g/mol. The van der Waals surface area contributed by atoms with Gasteiger partial charge in [-0.15, -0.1) is 5.73 Å². The van der Waals surface area contributed by atoms with Gasteiger partial charge in [0.15, 0.2) is 5.65 Å². The van der Waals surface area contributed by atoms with E-state index in [0.29, 0.717) is 53.7 Å². The number of nitrogens with zero attached hydrogens (tertiary/aromatic N) is 6. The van der Waals surface area contributed by atoms with E-state index in [4.69, 9.17) is 14.7 Å². The second-order valence-electron chi connectivity index (χ2n) is 9.22. The largest absolute Gasteiger partial charge is 0.420 e. The Morgan fingerprint density at radius 2 is 1.91 bits per heavy atom. The number of fused-ring (bicyclic) bond motifs is 1. The molecular weight excluding hydrogens is 461 g/mol. The molecule has 1 saturated heterocycles. The molecule has 0 bridgehead atoms. The van der Waals surface area contributed by atoms with E-state index in [1.165, 1.54) is 10.6 Å². The molecule has 1 aliphatic heterocycles. The van der Waals surface area contributed by atoms with Crippen LogP contribution in [0, 0.1) is 0 Å². The fourth-order valence-electron chi connectivity index (χ4n) is 4.58. The molecule has 0 saturated carbocycles. The van der Waals surface area contributed by atoms with Gasteiger partial charge < -0.3 is 14.2 Å². The number of hydrogen-bond donors (Lipinski definition) is 0. The zero-order valence-electron chi connectivity index (χ0n) is 19.8. The summed E-state index contributed by atoms with van der Waals surface area (Å²) in [6.45, 7) is 0.476. The number of alkyl halides is 3. The summed E-state index contributed by atoms with van der Waals surface area (Å²) in [6.07, 6.45) is -1.87. The smallest absolute Gasteiger partial charge is 0.373 e. The lowest BCUT2D eigenvalue weighted by Crippen LogP contribution is -2.23. The van der Waals surface area contributed by atoms with Crippen LogP contribution in [0.4, 0.5) is 19.1 Å². The van der Waals surface area contributed by atoms with E-state index in [0.717, 1.165) is 5.56 Å². The fraction of sp³-hybridized carbons (Fsp3) is 0.458. The van der Waals surface area contributed by atoms with E-state index in [9.17, 15) is 18.0 Å². The van der Waals surface area contributed by atoms with Gasteiger partial charge in [0.1, 0.15) is 17.0 Å². The third-order valence-corrected chi connectivity index (χ3v) is 6.53. The summed E-state index contributed by atoms with van der Waals surface area (Å²) < 4.78 is 48.6. The molecule has 0 spiro atoms. The Bertz CT molecular complexity index is 1450. The minimum atomic E-state index is -4.40. The predicted octanol–water partition coefficient (Wildman–Crippen LogP) is 3.64. The fourth-order valence-corrected chi connectivity index (χ4v) is 4.58. The molecule has 0 aromatic carbocycles. The molecule has 0 amide bonds. The van der Waals surface area contributed by atoms with Crippen molar-refractivity contribution in [3.8, 4) is 0 Å². The maximum atomic E-state index is 13.1. The van der Waals surface area contributed by atoms with Crippen molar-refractivity contribution in [1.82, 2.24) is 24.1 Å². The Hall–Kier alpha value is -3.43. The molecule has 0 N–H and O–H groups in total. The number of hydrogen-bond acceptors (Lipinski definition) is 6. The summed E-state index contributed by atoms with van der Waals surface area (Å²) in [6, 6.07) is 3.27. The first-order valence-corrected chi connectivity index (χ1v) is 11.3. The summed E-state index contributed by atoms with van der Waals surface area (Å²) in [5.74, 6) is 1.11. The van der Waals surface area contributed by atoms with Crippen molar-refractivity contribution in [2.24, 2.45) is 14.1 Å². The van der Waals surface area contributed by atoms with E-state index < -0.39 is 11.7 Å². The summed E-state index contributed by atoms with van der Waals surface area (Å²) >= 11 is 0. The Morgan fingerprint density at radius 3 is 2.57 bits per heavy atom. The number of ether oxygens (including phenoxy) is 1. The lowest BCUT2D eigenvalue weighted by molar-refractivity contribution is -0.0934. The highest BCUT2D eigenvalue weighted by Gasteiger charge is 2.39. The standard InChI is InChI=1S/C24H25F3N6O2/c1-31(2)23-29-20-19(15-9-16(10-15)24(25,26)27)28-21(30-22(20)33(23)4)13-7-8-35-17(11-13)14-5-6-18(34)32(3)12-14/h5-6,12-13,17H,7-9,11H2,1-4H3. The molecule has 184 valence electrons. The van der Waals surface area contributed by atoms with Gasteiger partial charge in [-0.2, -0.15) is 13.2 Å². The highest BCUT2D eigenvalue weighted by Crippen LogP contribution is 2.42. The van der Waals surface area contributed by atoms with E-state index >= 15 is 0 Å². The van der Waals surface area contributed by atoms with Crippen LogP contribution in [0.25, 0.3) is 16.7 Å². The van der Waals surface area contributed by atoms with Gasteiger partial charge in [-0.3, -0.25) is 9.36 Å². The molecule has 0 radical (unpaired) electrons. The first-order valence-electron chi connectivity index (χ1n) is 11.3. The Kier molecular flexibility index (Phi) is 5.56. The number of allylic oxidation sites excluding steroid dienone is 1. The zero-order valence-corrected chi connectivity index (χ0v) is 19.8. The van der Waals surface area contributed by atoms with Gasteiger partial charge in [0.25, 0.3) is 0 Å². The molecule has 3 aromatic heterocycles. The van der Waals surface area contributed by atoms with Gasteiger partial charge in [-0.05, 0) is 24.5 Å². The van der Waals surface area contributed by atoms with Crippen LogP contribution in [0.1, 0.15) is 48.4 Å². The Morgan fingerprint density at radius 1 is 1.17 bits per heavy atom. The molecule has 3 aromatic rings. The first kappa shape index (κ1) is 23.3. The third kappa shape index (κ3) is 4.15. The average molecular weight is 486 g/mol. The lowest BCUT2D eigenvalue weighted by Gasteiger charge is -2.29. The molecule has 1 aliphatic carbocycles. The number of aromatic nitrogens is 5. The van der Waals surface area contributed by atoms with Crippen molar-refractivity contribution >= 4 is 22.7 Å². The Labute approximate surface area is 199 Å². The number of anilines is 1.